The molecule has 1 aliphatic rings. The van der Waals surface area contributed by atoms with Gasteiger partial charge in [0.05, 0.1) is 0 Å². The van der Waals surface area contributed by atoms with Crippen LogP contribution < -0.4 is 10.2 Å². The third-order valence-corrected chi connectivity index (χ3v) is 4.95. The van der Waals surface area contributed by atoms with Gasteiger partial charge in [0.1, 0.15) is 11.6 Å². The number of nitrogens with zero attached hydrogens (tertiary/aromatic N) is 4. The van der Waals surface area contributed by atoms with Gasteiger partial charge < -0.3 is 10.2 Å². The second-order valence-corrected chi connectivity index (χ2v) is 8.20. The molecule has 130 valence electrons. The first-order valence-corrected chi connectivity index (χ1v) is 9.58. The van der Waals surface area contributed by atoms with Crippen molar-refractivity contribution in [2.24, 2.45) is 0 Å². The third-order valence-electron chi connectivity index (χ3n) is 4.28. The molecule has 5 nitrogen and oxygen atoms in total. The van der Waals surface area contributed by atoms with Gasteiger partial charge in [-0.05, 0) is 30.5 Å². The van der Waals surface area contributed by atoms with Crippen LogP contribution >= 0.6 is 11.5 Å². The van der Waals surface area contributed by atoms with Gasteiger partial charge in [0.2, 0.25) is 5.13 Å². The normalized spacial score (nSPS) is 16.0. The van der Waals surface area contributed by atoms with Crippen LogP contribution in [0.2, 0.25) is 0 Å². The van der Waals surface area contributed by atoms with Gasteiger partial charge in [0.25, 0.3) is 0 Å². The summed E-state index contributed by atoms with van der Waals surface area (Å²) < 4.78 is 4.45. The lowest BCUT2D eigenvalue weighted by molar-refractivity contribution is 0.555. The van der Waals surface area contributed by atoms with E-state index in [-0.39, 0.29) is 5.41 Å². The van der Waals surface area contributed by atoms with E-state index in [1.165, 1.54) is 42.8 Å². The van der Waals surface area contributed by atoms with Crippen molar-refractivity contribution in [3.8, 4) is 0 Å². The van der Waals surface area contributed by atoms with Crippen molar-refractivity contribution in [2.45, 2.75) is 58.4 Å². The van der Waals surface area contributed by atoms with E-state index in [1.807, 2.05) is 6.20 Å². The minimum absolute atomic E-state index is 0.00691. The van der Waals surface area contributed by atoms with Crippen LogP contribution in [0, 0.1) is 0 Å². The van der Waals surface area contributed by atoms with Crippen molar-refractivity contribution in [1.82, 2.24) is 14.3 Å². The Morgan fingerprint density at radius 2 is 1.92 bits per heavy atom. The van der Waals surface area contributed by atoms with Crippen LogP contribution in [0.15, 0.2) is 18.3 Å². The quantitative estimate of drug-likeness (QED) is 0.899. The van der Waals surface area contributed by atoms with Crippen molar-refractivity contribution < 1.29 is 0 Å². The maximum absolute atomic E-state index is 4.59. The molecule has 1 aliphatic heterocycles. The van der Waals surface area contributed by atoms with Crippen molar-refractivity contribution in [3.05, 3.63) is 29.7 Å². The molecule has 0 amide bonds. The smallest absolute Gasteiger partial charge is 0.202 e. The summed E-state index contributed by atoms with van der Waals surface area (Å²) in [5.74, 6) is 2.00. The Morgan fingerprint density at radius 1 is 1.17 bits per heavy atom. The Balaban J connectivity index is 1.63. The summed E-state index contributed by atoms with van der Waals surface area (Å²) in [7, 11) is 0. The van der Waals surface area contributed by atoms with Crippen LogP contribution in [0.5, 0.6) is 0 Å². The number of hydrogen-bond acceptors (Lipinski definition) is 6. The van der Waals surface area contributed by atoms with E-state index in [9.17, 15) is 0 Å². The van der Waals surface area contributed by atoms with E-state index in [1.54, 1.807) is 0 Å². The van der Waals surface area contributed by atoms with Gasteiger partial charge in [-0.1, -0.05) is 33.6 Å². The fraction of sp³-hybridized carbons (Fsp3) is 0.611. The zero-order valence-corrected chi connectivity index (χ0v) is 15.7. The highest BCUT2D eigenvalue weighted by molar-refractivity contribution is 7.09. The molecule has 3 heterocycles. The predicted octanol–water partition coefficient (Wildman–Crippen LogP) is 4.22. The minimum Gasteiger partial charge on any atom is -0.357 e. The van der Waals surface area contributed by atoms with Crippen LogP contribution in [-0.2, 0) is 12.0 Å². The molecule has 0 aromatic carbocycles. The molecule has 2 aromatic rings. The highest BCUT2D eigenvalue weighted by atomic mass is 32.1. The Bertz CT molecular complexity index is 653. The van der Waals surface area contributed by atoms with Crippen LogP contribution in [0.25, 0.3) is 0 Å². The van der Waals surface area contributed by atoms with Crippen molar-refractivity contribution in [1.29, 1.82) is 0 Å². The Labute approximate surface area is 148 Å². The number of rotatable bonds is 4. The molecule has 3 rings (SSSR count). The molecule has 1 N–H and O–H groups in total. The molecule has 6 heteroatoms. The van der Waals surface area contributed by atoms with Gasteiger partial charge in [-0.15, -0.1) is 0 Å². The predicted molar refractivity (Wildman–Crippen MR) is 101 cm³/mol. The number of nitrogens with one attached hydrogen (secondary N) is 1. The standard InChI is InChI=1S/C18H27N5S/c1-18(2,3)16-21-17(24-22-16)20-13-14-8-9-19-15(12-14)23-10-6-4-5-7-11-23/h8-9,12H,4-7,10-11,13H2,1-3H3,(H,20,21,22). The number of aromatic nitrogens is 3. The lowest BCUT2D eigenvalue weighted by Gasteiger charge is -2.21. The monoisotopic (exact) mass is 345 g/mol. The lowest BCUT2D eigenvalue weighted by atomic mass is 9.96. The fourth-order valence-electron chi connectivity index (χ4n) is 2.82. The molecule has 0 spiro atoms. The topological polar surface area (TPSA) is 53.9 Å². The minimum atomic E-state index is -0.00691. The van der Waals surface area contributed by atoms with Crippen molar-refractivity contribution >= 4 is 22.5 Å². The molecular formula is C18H27N5S. The largest absolute Gasteiger partial charge is 0.357 e. The molecular weight excluding hydrogens is 318 g/mol. The van der Waals surface area contributed by atoms with Crippen molar-refractivity contribution in [3.63, 3.8) is 0 Å². The van der Waals surface area contributed by atoms with Gasteiger partial charge in [-0.25, -0.2) is 9.97 Å². The van der Waals surface area contributed by atoms with E-state index in [4.69, 9.17) is 0 Å². The molecule has 0 bridgehead atoms. The fourth-order valence-corrected chi connectivity index (χ4v) is 3.57. The first kappa shape index (κ1) is 17.1. The summed E-state index contributed by atoms with van der Waals surface area (Å²) in [5, 5.41) is 4.28. The summed E-state index contributed by atoms with van der Waals surface area (Å²) in [6.07, 6.45) is 7.13. The first-order valence-electron chi connectivity index (χ1n) is 8.80. The SMILES string of the molecule is CC(C)(C)c1nsc(NCc2ccnc(N3CCCCCC3)c2)n1. The zero-order valence-electron chi connectivity index (χ0n) is 14.9. The van der Waals surface area contributed by atoms with Gasteiger partial charge in [0, 0.05) is 42.8 Å². The summed E-state index contributed by atoms with van der Waals surface area (Å²) in [5.41, 5.74) is 1.23. The molecule has 0 atom stereocenters. The zero-order chi connectivity index (χ0) is 17.0. The number of hydrogen-bond donors (Lipinski definition) is 1. The van der Waals surface area contributed by atoms with E-state index < -0.39 is 0 Å². The highest BCUT2D eigenvalue weighted by Crippen LogP contribution is 2.24. The Morgan fingerprint density at radius 3 is 2.58 bits per heavy atom. The van der Waals surface area contributed by atoms with E-state index in [2.05, 4.69) is 57.5 Å². The average molecular weight is 346 g/mol. The van der Waals surface area contributed by atoms with Crippen LogP contribution in [0.3, 0.4) is 0 Å². The molecule has 1 saturated heterocycles. The second-order valence-electron chi connectivity index (χ2n) is 7.45. The second kappa shape index (κ2) is 7.47. The lowest BCUT2D eigenvalue weighted by Crippen LogP contribution is -2.25. The van der Waals surface area contributed by atoms with Gasteiger partial charge >= 0.3 is 0 Å². The highest BCUT2D eigenvalue weighted by Gasteiger charge is 2.19. The summed E-state index contributed by atoms with van der Waals surface area (Å²) >= 11 is 1.43. The van der Waals surface area contributed by atoms with Gasteiger partial charge in [-0.2, -0.15) is 4.37 Å². The Hall–Kier alpha value is -1.69. The van der Waals surface area contributed by atoms with Gasteiger partial charge in [-0.3, -0.25) is 0 Å². The van der Waals surface area contributed by atoms with E-state index in [0.29, 0.717) is 0 Å². The molecule has 1 fully saturated rings. The molecule has 24 heavy (non-hydrogen) atoms. The van der Waals surface area contributed by atoms with E-state index in [0.717, 1.165) is 36.4 Å². The van der Waals surface area contributed by atoms with E-state index >= 15 is 0 Å². The maximum atomic E-state index is 4.59. The number of pyridine rings is 1. The van der Waals surface area contributed by atoms with Crippen LogP contribution in [-0.4, -0.2) is 27.4 Å². The van der Waals surface area contributed by atoms with Crippen LogP contribution in [0.4, 0.5) is 10.9 Å². The number of anilines is 2. The first-order chi connectivity index (χ1) is 11.5. The molecule has 0 radical (unpaired) electrons. The maximum Gasteiger partial charge on any atom is 0.202 e. The molecule has 2 aromatic heterocycles. The van der Waals surface area contributed by atoms with Gasteiger partial charge in [0.15, 0.2) is 0 Å². The molecule has 0 saturated carbocycles. The summed E-state index contributed by atoms with van der Waals surface area (Å²) in [6, 6.07) is 4.27. The molecule has 0 aliphatic carbocycles. The average Bonchev–Trinajstić information content (AvgIpc) is 2.88. The third kappa shape index (κ3) is 4.44. The Kier molecular flexibility index (Phi) is 5.33. The van der Waals surface area contributed by atoms with Crippen molar-refractivity contribution in [2.75, 3.05) is 23.3 Å². The summed E-state index contributed by atoms with van der Waals surface area (Å²) in [4.78, 5) is 11.6. The molecule has 0 unspecified atom stereocenters. The van der Waals surface area contributed by atoms with Crippen LogP contribution in [0.1, 0.15) is 57.8 Å². The summed E-state index contributed by atoms with van der Waals surface area (Å²) in [6.45, 7) is 9.39.